The van der Waals surface area contributed by atoms with Gasteiger partial charge in [0.25, 0.3) is 0 Å². The lowest BCUT2D eigenvalue weighted by atomic mass is 9.50. The molecule has 2 heterocycles. The first-order chi connectivity index (χ1) is 18.2. The van der Waals surface area contributed by atoms with Gasteiger partial charge in [-0.25, -0.2) is 9.59 Å². The van der Waals surface area contributed by atoms with E-state index in [1.54, 1.807) is 43.5 Å². The molecule has 6 atom stereocenters. The molecule has 0 saturated carbocycles. The Morgan fingerprint density at radius 3 is 2.63 bits per heavy atom. The van der Waals surface area contributed by atoms with Crippen LogP contribution in [0.5, 0.6) is 11.5 Å². The number of esters is 2. The van der Waals surface area contributed by atoms with Gasteiger partial charge in [-0.2, -0.15) is 0 Å². The van der Waals surface area contributed by atoms with E-state index in [1.165, 1.54) is 6.92 Å². The fourth-order valence-electron chi connectivity index (χ4n) is 6.85. The second-order valence-corrected chi connectivity index (χ2v) is 10.6. The van der Waals surface area contributed by atoms with E-state index in [4.69, 9.17) is 18.9 Å². The number of ether oxygens (including phenoxy) is 4. The quantitative estimate of drug-likeness (QED) is 0.552. The molecule has 2 unspecified atom stereocenters. The van der Waals surface area contributed by atoms with Gasteiger partial charge in [0.15, 0.2) is 17.6 Å². The Bertz CT molecular complexity index is 1320. The van der Waals surface area contributed by atoms with Crippen LogP contribution >= 0.6 is 0 Å². The summed E-state index contributed by atoms with van der Waals surface area (Å²) < 4.78 is 23.5. The molecule has 1 spiro atoms. The third-order valence-corrected chi connectivity index (χ3v) is 8.67. The zero-order chi connectivity index (χ0) is 26.8. The van der Waals surface area contributed by atoms with Gasteiger partial charge in [0.2, 0.25) is 6.10 Å². The number of aliphatic hydroxyl groups excluding tert-OH is 1. The fraction of sp³-hybridized carbons (Fsp3) is 0.448. The number of piperidine rings is 1. The molecule has 0 radical (unpaired) electrons. The number of hydrogen-bond acceptors (Lipinski definition) is 9. The number of likely N-dealkylation sites (tertiary alicyclic amines) is 1. The molecule has 0 amide bonds. The zero-order valence-electron chi connectivity index (χ0n) is 21.5. The summed E-state index contributed by atoms with van der Waals surface area (Å²) >= 11 is 0. The van der Waals surface area contributed by atoms with E-state index >= 15 is 0 Å². The lowest BCUT2D eigenvalue weighted by Crippen LogP contribution is -2.74. The van der Waals surface area contributed by atoms with Crippen LogP contribution in [0.2, 0.25) is 0 Å². The topological polar surface area (TPSA) is 115 Å². The Kier molecular flexibility index (Phi) is 5.79. The van der Waals surface area contributed by atoms with Gasteiger partial charge >= 0.3 is 11.9 Å². The number of nitrogens with zero attached hydrogens (tertiary/aromatic N) is 1. The maximum absolute atomic E-state index is 13.5. The summed E-state index contributed by atoms with van der Waals surface area (Å²) in [5.74, 6) is -0.356. The third kappa shape index (κ3) is 3.35. The van der Waals surface area contributed by atoms with Crippen molar-refractivity contribution in [1.82, 2.24) is 4.90 Å². The van der Waals surface area contributed by atoms with Crippen LogP contribution in [0.15, 0.2) is 54.3 Å². The maximum atomic E-state index is 13.5. The Balaban J connectivity index is 1.40. The maximum Gasteiger partial charge on any atom is 0.357 e. The van der Waals surface area contributed by atoms with E-state index < -0.39 is 41.3 Å². The van der Waals surface area contributed by atoms with Crippen LogP contribution < -0.4 is 9.47 Å². The van der Waals surface area contributed by atoms with Crippen LogP contribution in [-0.4, -0.2) is 71.6 Å². The molecule has 1 saturated heterocycles. The average Bonchev–Trinajstić information content (AvgIpc) is 3.27. The summed E-state index contributed by atoms with van der Waals surface area (Å²) in [4.78, 5) is 28.0. The summed E-state index contributed by atoms with van der Waals surface area (Å²) in [6, 6.07) is 12.3. The van der Waals surface area contributed by atoms with E-state index in [1.807, 2.05) is 19.2 Å². The first-order valence-electron chi connectivity index (χ1n) is 12.9. The van der Waals surface area contributed by atoms with Crippen molar-refractivity contribution in [2.45, 2.75) is 61.6 Å². The molecule has 9 heteroatoms. The number of carbonyl (C=O) groups is 2. The fourth-order valence-corrected chi connectivity index (χ4v) is 6.85. The monoisotopic (exact) mass is 521 g/mol. The van der Waals surface area contributed by atoms with Crippen molar-refractivity contribution in [1.29, 1.82) is 0 Å². The summed E-state index contributed by atoms with van der Waals surface area (Å²) in [6.07, 6.45) is -0.306. The molecule has 2 N–H and O–H groups in total. The molecule has 2 aliphatic carbocycles. The van der Waals surface area contributed by atoms with Crippen molar-refractivity contribution in [3.05, 3.63) is 71.0 Å². The Hall–Kier alpha value is -3.40. The molecule has 9 nitrogen and oxygen atoms in total. The first kappa shape index (κ1) is 24.9. The second-order valence-electron chi connectivity index (χ2n) is 10.6. The molecule has 2 aromatic carbocycles. The van der Waals surface area contributed by atoms with E-state index in [9.17, 15) is 19.8 Å². The highest BCUT2D eigenvalue weighted by Gasteiger charge is 2.72. The predicted octanol–water partition coefficient (Wildman–Crippen LogP) is 2.18. The van der Waals surface area contributed by atoms with Gasteiger partial charge < -0.3 is 34.1 Å². The van der Waals surface area contributed by atoms with Gasteiger partial charge in [-0.05, 0) is 51.1 Å². The minimum Gasteiger partial charge on any atom is -0.493 e. The number of rotatable bonds is 6. The number of methoxy groups -OCH3 is 1. The van der Waals surface area contributed by atoms with Crippen molar-refractivity contribution in [2.75, 3.05) is 20.7 Å². The van der Waals surface area contributed by atoms with Gasteiger partial charge in [-0.15, -0.1) is 0 Å². The summed E-state index contributed by atoms with van der Waals surface area (Å²) in [7, 11) is 3.60. The van der Waals surface area contributed by atoms with Gasteiger partial charge in [-0.3, -0.25) is 0 Å². The smallest absolute Gasteiger partial charge is 0.357 e. The summed E-state index contributed by atoms with van der Waals surface area (Å²) in [5, 5.41) is 22.0. The Morgan fingerprint density at radius 1 is 1.16 bits per heavy atom. The molecule has 200 valence electrons. The van der Waals surface area contributed by atoms with Crippen LogP contribution in [0.1, 0.15) is 42.6 Å². The van der Waals surface area contributed by atoms with Gasteiger partial charge in [0.1, 0.15) is 11.9 Å². The lowest BCUT2D eigenvalue weighted by Gasteiger charge is -2.61. The van der Waals surface area contributed by atoms with E-state index in [2.05, 4.69) is 4.90 Å². The highest BCUT2D eigenvalue weighted by Crippen LogP contribution is 2.65. The Labute approximate surface area is 220 Å². The van der Waals surface area contributed by atoms with Crippen LogP contribution in [0, 0.1) is 0 Å². The SMILES string of the molecule is COc1ccc2c3c1OC1C(OC(=O)[C@@H](OC(=O)[C@H](C)O)c4ccccc4)=CC[C@@]4(O)[C@@H](C2)N(C)CCC314. The lowest BCUT2D eigenvalue weighted by molar-refractivity contribution is -0.178. The largest absolute Gasteiger partial charge is 0.493 e. The Morgan fingerprint density at radius 2 is 1.92 bits per heavy atom. The highest BCUT2D eigenvalue weighted by molar-refractivity contribution is 5.83. The summed E-state index contributed by atoms with van der Waals surface area (Å²) in [6.45, 7) is 2.01. The van der Waals surface area contributed by atoms with Gasteiger partial charge in [-0.1, -0.05) is 36.4 Å². The first-order valence-corrected chi connectivity index (χ1v) is 12.9. The normalized spacial score (nSPS) is 30.3. The van der Waals surface area contributed by atoms with Crippen molar-refractivity contribution >= 4 is 11.9 Å². The third-order valence-electron chi connectivity index (χ3n) is 8.67. The number of likely N-dealkylation sites (N-methyl/N-ethyl adjacent to an activating group) is 1. The number of carbonyl (C=O) groups excluding carboxylic acids is 2. The number of benzene rings is 2. The average molecular weight is 522 g/mol. The highest BCUT2D eigenvalue weighted by atomic mass is 16.6. The van der Waals surface area contributed by atoms with E-state index in [0.29, 0.717) is 29.9 Å². The van der Waals surface area contributed by atoms with Crippen LogP contribution in [-0.2, 0) is 30.9 Å². The van der Waals surface area contributed by atoms with E-state index in [-0.39, 0.29) is 18.2 Å². The predicted molar refractivity (Wildman–Crippen MR) is 135 cm³/mol. The van der Waals surface area contributed by atoms with Crippen LogP contribution in [0.3, 0.4) is 0 Å². The van der Waals surface area contributed by atoms with E-state index in [0.717, 1.165) is 17.7 Å². The molecule has 2 aliphatic heterocycles. The molecule has 6 rings (SSSR count). The molecule has 2 aromatic rings. The van der Waals surface area contributed by atoms with Crippen molar-refractivity contribution in [2.24, 2.45) is 0 Å². The molecule has 2 bridgehead atoms. The van der Waals surface area contributed by atoms with Crippen LogP contribution in [0.25, 0.3) is 0 Å². The summed E-state index contributed by atoms with van der Waals surface area (Å²) in [5.41, 5.74) is 0.461. The van der Waals surface area contributed by atoms with Gasteiger partial charge in [0, 0.05) is 23.6 Å². The molecule has 0 aromatic heterocycles. The molecular formula is C29H31NO8. The molecule has 38 heavy (non-hydrogen) atoms. The minimum absolute atomic E-state index is 0.133. The number of aliphatic hydroxyl groups is 2. The molecular weight excluding hydrogens is 490 g/mol. The van der Waals surface area contributed by atoms with Crippen LogP contribution in [0.4, 0.5) is 0 Å². The number of hydrogen-bond donors (Lipinski definition) is 2. The standard InChI is InChI=1S/C29H31NO8/c1-16(31)26(32)38-23(17-7-5-4-6-8-17)27(33)36-20-11-12-29(34)21-15-18-9-10-19(35-3)24-22(18)28(29,25(20)37-24)13-14-30(21)2/h4-11,16,21,23,25,31,34H,12-15H2,1-3H3/t16-,21+,23-,25?,28?,29+/m0/s1. The van der Waals surface area contributed by atoms with Crippen molar-refractivity contribution < 1.29 is 38.7 Å². The molecule has 4 aliphatic rings. The zero-order valence-corrected chi connectivity index (χ0v) is 21.5. The van der Waals surface area contributed by atoms with Gasteiger partial charge in [0.05, 0.1) is 18.1 Å². The van der Waals surface area contributed by atoms with Crippen molar-refractivity contribution in [3.63, 3.8) is 0 Å². The second kappa shape index (κ2) is 8.83. The molecule has 1 fully saturated rings. The minimum atomic E-state index is -1.41. The van der Waals surface area contributed by atoms with Crippen molar-refractivity contribution in [3.8, 4) is 11.5 Å².